The van der Waals surface area contributed by atoms with E-state index >= 15 is 0 Å². The summed E-state index contributed by atoms with van der Waals surface area (Å²) in [7, 11) is 0. The summed E-state index contributed by atoms with van der Waals surface area (Å²) in [4.78, 5) is 4.26. The monoisotopic (exact) mass is 418 g/mol. The van der Waals surface area contributed by atoms with Crippen molar-refractivity contribution >= 4 is 31.9 Å². The molecule has 1 aromatic heterocycles. The molecule has 0 spiro atoms. The SMILES string of the molecule is CCNC(Cc1ccc(Br)cn1)c1c(F)cc(Br)cc1F. The van der Waals surface area contributed by atoms with Crippen LogP contribution in [0.5, 0.6) is 0 Å². The van der Waals surface area contributed by atoms with Gasteiger partial charge in [0.2, 0.25) is 0 Å². The summed E-state index contributed by atoms with van der Waals surface area (Å²) in [5, 5.41) is 3.12. The summed E-state index contributed by atoms with van der Waals surface area (Å²) in [5.74, 6) is -1.13. The van der Waals surface area contributed by atoms with Crippen LogP contribution in [0.25, 0.3) is 0 Å². The Morgan fingerprint density at radius 1 is 1.14 bits per heavy atom. The van der Waals surface area contributed by atoms with Crippen molar-refractivity contribution in [2.45, 2.75) is 19.4 Å². The van der Waals surface area contributed by atoms with Crippen LogP contribution in [0.2, 0.25) is 0 Å². The molecule has 0 amide bonds. The van der Waals surface area contributed by atoms with Gasteiger partial charge in [-0.1, -0.05) is 22.9 Å². The summed E-state index contributed by atoms with van der Waals surface area (Å²) in [6.45, 7) is 2.51. The van der Waals surface area contributed by atoms with Gasteiger partial charge in [0.1, 0.15) is 11.6 Å². The first kappa shape index (κ1) is 16.5. The Morgan fingerprint density at radius 2 is 1.81 bits per heavy atom. The molecule has 0 fully saturated rings. The van der Waals surface area contributed by atoms with Crippen LogP contribution >= 0.6 is 31.9 Å². The number of nitrogens with zero attached hydrogens (tertiary/aromatic N) is 1. The molecule has 2 rings (SSSR count). The van der Waals surface area contributed by atoms with Crippen molar-refractivity contribution < 1.29 is 8.78 Å². The smallest absolute Gasteiger partial charge is 0.132 e. The molecule has 1 aromatic carbocycles. The van der Waals surface area contributed by atoms with Gasteiger partial charge in [0.05, 0.1) is 0 Å². The van der Waals surface area contributed by atoms with Crippen LogP contribution in [0.4, 0.5) is 8.78 Å². The minimum Gasteiger partial charge on any atom is -0.310 e. The molecule has 0 bridgehead atoms. The van der Waals surface area contributed by atoms with Crippen LogP contribution in [0.3, 0.4) is 0 Å². The topological polar surface area (TPSA) is 24.9 Å². The fraction of sp³-hybridized carbons (Fsp3) is 0.267. The Morgan fingerprint density at radius 3 is 2.33 bits per heavy atom. The fourth-order valence-electron chi connectivity index (χ4n) is 2.15. The highest BCUT2D eigenvalue weighted by molar-refractivity contribution is 9.10. The van der Waals surface area contributed by atoms with E-state index in [9.17, 15) is 8.78 Å². The third kappa shape index (κ3) is 4.31. The zero-order valence-corrected chi connectivity index (χ0v) is 14.5. The first-order valence-corrected chi connectivity index (χ1v) is 8.08. The standard InChI is InChI=1S/C15H14Br2F2N2/c1-2-20-14(7-11-4-3-9(16)8-21-11)15-12(18)5-10(17)6-13(15)19/h3-6,8,14,20H,2,7H2,1H3. The highest BCUT2D eigenvalue weighted by Crippen LogP contribution is 2.27. The first-order valence-electron chi connectivity index (χ1n) is 6.49. The Kier molecular flexibility index (Phi) is 5.84. The average molecular weight is 420 g/mol. The zero-order chi connectivity index (χ0) is 15.4. The van der Waals surface area contributed by atoms with Crippen LogP contribution in [-0.2, 0) is 6.42 Å². The quantitative estimate of drug-likeness (QED) is 0.754. The van der Waals surface area contributed by atoms with Gasteiger partial charge in [-0.25, -0.2) is 8.78 Å². The van der Waals surface area contributed by atoms with Crippen molar-refractivity contribution in [3.8, 4) is 0 Å². The van der Waals surface area contributed by atoms with Crippen molar-refractivity contribution in [2.24, 2.45) is 0 Å². The molecular formula is C15H14Br2F2N2. The summed E-state index contributed by atoms with van der Waals surface area (Å²) in [6.07, 6.45) is 2.09. The normalized spacial score (nSPS) is 12.4. The second-order valence-electron chi connectivity index (χ2n) is 4.57. The number of hydrogen-bond donors (Lipinski definition) is 1. The minimum absolute atomic E-state index is 0.0461. The number of halogens is 4. The van der Waals surface area contributed by atoms with Crippen LogP contribution in [0.15, 0.2) is 39.4 Å². The van der Waals surface area contributed by atoms with Crippen molar-refractivity contribution in [1.82, 2.24) is 10.3 Å². The van der Waals surface area contributed by atoms with Gasteiger partial charge >= 0.3 is 0 Å². The minimum atomic E-state index is -0.565. The van der Waals surface area contributed by atoms with E-state index < -0.39 is 17.7 Å². The number of rotatable bonds is 5. The number of aromatic nitrogens is 1. The van der Waals surface area contributed by atoms with E-state index in [0.717, 1.165) is 10.2 Å². The molecule has 1 N–H and O–H groups in total. The second kappa shape index (κ2) is 7.42. The summed E-state index contributed by atoms with van der Waals surface area (Å²) < 4.78 is 29.5. The highest BCUT2D eigenvalue weighted by atomic mass is 79.9. The van der Waals surface area contributed by atoms with Crippen LogP contribution in [-0.4, -0.2) is 11.5 Å². The number of benzene rings is 1. The molecule has 2 aromatic rings. The molecule has 1 unspecified atom stereocenters. The van der Waals surface area contributed by atoms with Crippen molar-refractivity contribution in [2.75, 3.05) is 6.54 Å². The van der Waals surface area contributed by atoms with Gasteiger partial charge in [0.25, 0.3) is 0 Å². The lowest BCUT2D eigenvalue weighted by molar-refractivity contribution is 0.469. The van der Waals surface area contributed by atoms with Gasteiger partial charge in [-0.3, -0.25) is 4.98 Å². The van der Waals surface area contributed by atoms with Gasteiger partial charge in [0, 0.05) is 38.9 Å². The maximum absolute atomic E-state index is 14.1. The molecule has 1 heterocycles. The lowest BCUT2D eigenvalue weighted by atomic mass is 10.00. The second-order valence-corrected chi connectivity index (χ2v) is 6.40. The van der Waals surface area contributed by atoms with Gasteiger partial charge in [0.15, 0.2) is 0 Å². The number of likely N-dealkylation sites (N-methyl/N-ethyl adjacent to an activating group) is 1. The molecule has 0 aliphatic carbocycles. The third-order valence-corrected chi connectivity index (χ3v) is 3.97. The maximum Gasteiger partial charge on any atom is 0.132 e. The first-order chi connectivity index (χ1) is 10.0. The molecule has 112 valence electrons. The number of pyridine rings is 1. The summed E-state index contributed by atoms with van der Waals surface area (Å²) in [6, 6.07) is 5.79. The predicted molar refractivity (Wildman–Crippen MR) is 86.1 cm³/mol. The van der Waals surface area contributed by atoms with Crippen LogP contribution in [0, 0.1) is 11.6 Å². The molecule has 21 heavy (non-hydrogen) atoms. The van der Waals surface area contributed by atoms with E-state index in [1.165, 1.54) is 12.1 Å². The average Bonchev–Trinajstić information content (AvgIpc) is 2.40. The summed E-state index contributed by atoms with van der Waals surface area (Å²) in [5.41, 5.74) is 0.815. The van der Waals surface area contributed by atoms with E-state index in [-0.39, 0.29) is 5.56 Å². The molecule has 6 heteroatoms. The van der Waals surface area contributed by atoms with E-state index in [1.807, 2.05) is 19.1 Å². The maximum atomic E-state index is 14.1. The van der Waals surface area contributed by atoms with E-state index in [4.69, 9.17) is 0 Å². The van der Waals surface area contributed by atoms with Crippen LogP contribution < -0.4 is 5.32 Å². The largest absolute Gasteiger partial charge is 0.310 e. The lowest BCUT2D eigenvalue weighted by Gasteiger charge is -2.19. The molecule has 0 saturated heterocycles. The van der Waals surface area contributed by atoms with Crippen molar-refractivity contribution in [3.63, 3.8) is 0 Å². The predicted octanol–water partition coefficient (Wildman–Crippen LogP) is 4.78. The Hall–Kier alpha value is -0.850. The third-order valence-electron chi connectivity index (χ3n) is 3.04. The lowest BCUT2D eigenvalue weighted by Crippen LogP contribution is -2.25. The van der Waals surface area contributed by atoms with Gasteiger partial charge in [-0.15, -0.1) is 0 Å². The van der Waals surface area contributed by atoms with E-state index in [0.29, 0.717) is 17.4 Å². The molecular weight excluding hydrogens is 406 g/mol. The van der Waals surface area contributed by atoms with Crippen LogP contribution in [0.1, 0.15) is 24.2 Å². The highest BCUT2D eigenvalue weighted by Gasteiger charge is 2.21. The molecule has 2 nitrogen and oxygen atoms in total. The molecule has 0 saturated carbocycles. The number of nitrogens with one attached hydrogen (secondary N) is 1. The fourth-order valence-corrected chi connectivity index (χ4v) is 2.78. The Balaban J connectivity index is 2.33. The Labute approximate surface area is 139 Å². The Bertz CT molecular complexity index is 595. The molecule has 0 aliphatic rings. The molecule has 0 radical (unpaired) electrons. The number of hydrogen-bond acceptors (Lipinski definition) is 2. The van der Waals surface area contributed by atoms with E-state index in [1.54, 1.807) is 6.20 Å². The van der Waals surface area contributed by atoms with Crippen molar-refractivity contribution in [3.05, 3.63) is 62.3 Å². The van der Waals surface area contributed by atoms with Crippen molar-refractivity contribution in [1.29, 1.82) is 0 Å². The molecule has 0 aliphatic heterocycles. The van der Waals surface area contributed by atoms with E-state index in [2.05, 4.69) is 42.2 Å². The summed E-state index contributed by atoms with van der Waals surface area (Å²) >= 11 is 6.41. The van der Waals surface area contributed by atoms with Gasteiger partial charge in [-0.2, -0.15) is 0 Å². The van der Waals surface area contributed by atoms with Gasteiger partial charge in [-0.05, 0) is 46.7 Å². The molecule has 1 atom stereocenters. The zero-order valence-electron chi connectivity index (χ0n) is 11.3. The van der Waals surface area contributed by atoms with Gasteiger partial charge < -0.3 is 5.32 Å².